The summed E-state index contributed by atoms with van der Waals surface area (Å²) < 4.78 is 6.05. The molecule has 4 rings (SSSR count). The summed E-state index contributed by atoms with van der Waals surface area (Å²) in [5.41, 5.74) is 7.92. The highest BCUT2D eigenvalue weighted by atomic mass is 16.5. The van der Waals surface area contributed by atoms with E-state index in [0.29, 0.717) is 0 Å². The van der Waals surface area contributed by atoms with Crippen LogP contribution in [0.3, 0.4) is 0 Å². The summed E-state index contributed by atoms with van der Waals surface area (Å²) in [5, 5.41) is 3.58. The smallest absolute Gasteiger partial charge is 0.147 e. The number of aliphatic imine (C=N–C) groups is 1. The molecule has 134 valence electrons. The third kappa shape index (κ3) is 3.19. The van der Waals surface area contributed by atoms with E-state index in [4.69, 9.17) is 9.73 Å². The highest BCUT2D eigenvalue weighted by Crippen LogP contribution is 2.31. The summed E-state index contributed by atoms with van der Waals surface area (Å²) in [6, 6.07) is 10.8. The van der Waals surface area contributed by atoms with Crippen LogP contribution in [-0.4, -0.2) is 22.8 Å². The van der Waals surface area contributed by atoms with Gasteiger partial charge in [-0.15, -0.1) is 0 Å². The molecule has 0 aliphatic carbocycles. The monoisotopic (exact) mass is 347 g/mol. The van der Waals surface area contributed by atoms with Crippen molar-refractivity contribution in [3.05, 3.63) is 70.4 Å². The molecule has 2 aromatic rings. The molecule has 4 heteroatoms. The fraction of sp³-hybridized carbons (Fsp3) is 0.318. The highest BCUT2D eigenvalue weighted by molar-refractivity contribution is 6.06. The Morgan fingerprint density at radius 2 is 2.04 bits per heavy atom. The number of hydrogen-bond donors (Lipinski definition) is 2. The van der Waals surface area contributed by atoms with Gasteiger partial charge in [0.15, 0.2) is 0 Å². The van der Waals surface area contributed by atoms with Gasteiger partial charge in [0.2, 0.25) is 0 Å². The number of hydrogen-bond acceptors (Lipinski definition) is 3. The normalized spacial score (nSPS) is 20.2. The first-order chi connectivity index (χ1) is 12.5. The number of aromatic amines is 1. The number of fused-ring (bicyclic) bond motifs is 1. The first-order valence-electron chi connectivity index (χ1n) is 9.19. The number of rotatable bonds is 4. The summed E-state index contributed by atoms with van der Waals surface area (Å²) >= 11 is 0. The molecule has 2 N–H and O–H groups in total. The standard InChI is InChI=1S/C22H25N3O/c1-13(2)26-22-12-20(19-10-16-7-5-6-8-17(16)24-19)25-21(22)11-18-14(3)9-15(4)23-18/h5-9,11-13,19,23-24H,10H2,1-4H3/b21-11-. The molecule has 4 nitrogen and oxygen atoms in total. The molecule has 26 heavy (non-hydrogen) atoms. The first kappa shape index (κ1) is 16.7. The maximum absolute atomic E-state index is 6.05. The Kier molecular flexibility index (Phi) is 4.19. The van der Waals surface area contributed by atoms with Crippen molar-refractivity contribution in [1.82, 2.24) is 4.98 Å². The van der Waals surface area contributed by atoms with Crippen LogP contribution in [0.15, 0.2) is 52.9 Å². The maximum atomic E-state index is 6.05. The molecule has 2 aliphatic rings. The molecule has 1 aromatic heterocycles. The van der Waals surface area contributed by atoms with Crippen molar-refractivity contribution in [2.75, 3.05) is 5.32 Å². The van der Waals surface area contributed by atoms with Crippen LogP contribution in [0.5, 0.6) is 0 Å². The van der Waals surface area contributed by atoms with E-state index >= 15 is 0 Å². The second-order valence-electron chi connectivity index (χ2n) is 7.35. The van der Waals surface area contributed by atoms with E-state index in [1.807, 2.05) is 13.8 Å². The number of aryl methyl sites for hydroxylation is 2. The van der Waals surface area contributed by atoms with Crippen LogP contribution in [-0.2, 0) is 11.2 Å². The second kappa shape index (κ2) is 6.52. The Labute approximate surface area is 154 Å². The van der Waals surface area contributed by atoms with Crippen molar-refractivity contribution in [3.8, 4) is 0 Å². The van der Waals surface area contributed by atoms with Gasteiger partial charge in [0, 0.05) is 29.6 Å². The summed E-state index contributed by atoms with van der Waals surface area (Å²) in [5.74, 6) is 0.847. The molecule has 0 spiro atoms. The van der Waals surface area contributed by atoms with Crippen LogP contribution < -0.4 is 5.32 Å². The van der Waals surface area contributed by atoms with Crippen molar-refractivity contribution >= 4 is 17.5 Å². The van der Waals surface area contributed by atoms with E-state index in [9.17, 15) is 0 Å². The number of benzene rings is 1. The van der Waals surface area contributed by atoms with Crippen LogP contribution in [0.2, 0.25) is 0 Å². The first-order valence-corrected chi connectivity index (χ1v) is 9.19. The van der Waals surface area contributed by atoms with E-state index in [-0.39, 0.29) is 12.1 Å². The Balaban J connectivity index is 1.65. The van der Waals surface area contributed by atoms with Gasteiger partial charge >= 0.3 is 0 Å². The minimum absolute atomic E-state index is 0.111. The van der Waals surface area contributed by atoms with Crippen LogP contribution >= 0.6 is 0 Å². The largest absolute Gasteiger partial charge is 0.489 e. The Bertz CT molecular complexity index is 906. The number of anilines is 1. The van der Waals surface area contributed by atoms with Crippen LogP contribution in [0.1, 0.15) is 36.4 Å². The SMILES string of the molecule is Cc1cc(C)c(/C=C2\N=C(C3Cc4ccccc4N3)C=C2OC(C)C)[nH]1. The zero-order valence-corrected chi connectivity index (χ0v) is 15.8. The lowest BCUT2D eigenvalue weighted by Crippen LogP contribution is -2.24. The predicted molar refractivity (Wildman–Crippen MR) is 108 cm³/mol. The van der Waals surface area contributed by atoms with Gasteiger partial charge in [-0.25, -0.2) is 4.99 Å². The van der Waals surface area contributed by atoms with Crippen molar-refractivity contribution in [2.45, 2.75) is 46.3 Å². The lowest BCUT2D eigenvalue weighted by molar-refractivity contribution is 0.155. The number of aromatic nitrogens is 1. The molecule has 2 aliphatic heterocycles. The summed E-state index contributed by atoms with van der Waals surface area (Å²) in [4.78, 5) is 8.31. The number of nitrogens with one attached hydrogen (secondary N) is 2. The number of nitrogens with zero attached hydrogens (tertiary/aromatic N) is 1. The topological polar surface area (TPSA) is 49.4 Å². The third-order valence-corrected chi connectivity index (χ3v) is 4.74. The molecule has 1 atom stereocenters. The van der Waals surface area contributed by atoms with E-state index in [1.165, 1.54) is 16.8 Å². The quantitative estimate of drug-likeness (QED) is 0.837. The minimum atomic E-state index is 0.111. The fourth-order valence-electron chi connectivity index (χ4n) is 3.58. The molecule has 3 heterocycles. The van der Waals surface area contributed by atoms with E-state index in [0.717, 1.165) is 35.0 Å². The van der Waals surface area contributed by atoms with Gasteiger partial charge in [-0.05, 0) is 57.0 Å². The maximum Gasteiger partial charge on any atom is 0.147 e. The Morgan fingerprint density at radius 3 is 2.73 bits per heavy atom. The molecule has 0 radical (unpaired) electrons. The second-order valence-corrected chi connectivity index (χ2v) is 7.35. The predicted octanol–water partition coefficient (Wildman–Crippen LogP) is 4.77. The zero-order valence-electron chi connectivity index (χ0n) is 15.8. The fourth-order valence-corrected chi connectivity index (χ4v) is 3.58. The number of H-pyrrole nitrogens is 1. The molecular weight excluding hydrogens is 322 g/mol. The minimum Gasteiger partial charge on any atom is -0.489 e. The van der Waals surface area contributed by atoms with E-state index in [1.54, 1.807) is 0 Å². The van der Waals surface area contributed by atoms with Gasteiger partial charge in [0.1, 0.15) is 11.5 Å². The molecule has 0 amide bonds. The van der Waals surface area contributed by atoms with Gasteiger partial charge in [-0.3, -0.25) is 0 Å². The van der Waals surface area contributed by atoms with Crippen LogP contribution in [0, 0.1) is 13.8 Å². The Hall–Kier alpha value is -2.75. The molecule has 0 saturated heterocycles. The van der Waals surface area contributed by atoms with Crippen molar-refractivity contribution in [2.24, 2.45) is 4.99 Å². The van der Waals surface area contributed by atoms with Gasteiger partial charge in [0.25, 0.3) is 0 Å². The highest BCUT2D eigenvalue weighted by Gasteiger charge is 2.28. The zero-order chi connectivity index (χ0) is 18.3. The number of ether oxygens (including phenoxy) is 1. The Morgan fingerprint density at radius 1 is 1.23 bits per heavy atom. The molecule has 0 fully saturated rings. The average molecular weight is 347 g/mol. The summed E-state index contributed by atoms with van der Waals surface area (Å²) in [6.45, 7) is 8.27. The number of para-hydroxylation sites is 1. The molecular formula is C22H25N3O. The molecule has 1 unspecified atom stereocenters. The van der Waals surface area contributed by atoms with E-state index in [2.05, 4.69) is 66.6 Å². The van der Waals surface area contributed by atoms with Crippen molar-refractivity contribution in [3.63, 3.8) is 0 Å². The van der Waals surface area contributed by atoms with Gasteiger partial charge < -0.3 is 15.0 Å². The van der Waals surface area contributed by atoms with E-state index < -0.39 is 0 Å². The lowest BCUT2D eigenvalue weighted by Gasteiger charge is -2.11. The van der Waals surface area contributed by atoms with Crippen LogP contribution in [0.25, 0.3) is 6.08 Å². The van der Waals surface area contributed by atoms with Gasteiger partial charge in [-0.1, -0.05) is 18.2 Å². The van der Waals surface area contributed by atoms with Crippen LogP contribution in [0.4, 0.5) is 5.69 Å². The van der Waals surface area contributed by atoms with Gasteiger partial charge in [0.05, 0.1) is 17.9 Å². The molecule has 0 bridgehead atoms. The summed E-state index contributed by atoms with van der Waals surface area (Å²) in [6.07, 6.45) is 5.24. The van der Waals surface area contributed by atoms with Crippen molar-refractivity contribution < 1.29 is 4.74 Å². The average Bonchev–Trinajstić information content (AvgIpc) is 3.25. The summed E-state index contributed by atoms with van der Waals surface area (Å²) in [7, 11) is 0. The van der Waals surface area contributed by atoms with Crippen molar-refractivity contribution in [1.29, 1.82) is 0 Å². The third-order valence-electron chi connectivity index (χ3n) is 4.74. The van der Waals surface area contributed by atoms with Gasteiger partial charge in [-0.2, -0.15) is 0 Å². The molecule has 0 saturated carbocycles. The molecule has 1 aromatic carbocycles. The lowest BCUT2D eigenvalue weighted by atomic mass is 10.1.